The summed E-state index contributed by atoms with van der Waals surface area (Å²) in [6, 6.07) is 7.67. The minimum Gasteiger partial charge on any atom is -0.495 e. The Bertz CT molecular complexity index is 1980. The van der Waals surface area contributed by atoms with E-state index in [-0.39, 0.29) is 38.8 Å². The molecule has 0 unspecified atom stereocenters. The van der Waals surface area contributed by atoms with Crippen LogP contribution < -0.4 is 15.2 Å². The van der Waals surface area contributed by atoms with E-state index in [1.54, 1.807) is 45.0 Å². The second-order valence-corrected chi connectivity index (χ2v) is 15.6. The third kappa shape index (κ3) is 7.60. The van der Waals surface area contributed by atoms with E-state index in [9.17, 15) is 28.0 Å². The molecular weight excluding hydrogens is 753 g/mol. The van der Waals surface area contributed by atoms with Gasteiger partial charge < -0.3 is 29.0 Å². The SMILES string of the molecule is COc1cc2c(cc1N1CCCOC1=O)CN(C(=O)c1c(Sc3c(Cl)ccc(C4CN(C(=O)OC(C)(C)C)C4)c3Cl)cc(C(F)(F)Cl)[nH]c1=O)C2. The molecule has 3 aliphatic heterocycles. The van der Waals surface area contributed by atoms with Gasteiger partial charge in [0.1, 0.15) is 22.6 Å². The van der Waals surface area contributed by atoms with E-state index >= 15 is 0 Å². The number of halogens is 5. The van der Waals surface area contributed by atoms with E-state index in [1.165, 1.54) is 21.8 Å². The molecule has 0 bridgehead atoms. The first-order valence-electron chi connectivity index (χ1n) is 15.9. The molecule has 51 heavy (non-hydrogen) atoms. The highest BCUT2D eigenvalue weighted by atomic mass is 35.5. The van der Waals surface area contributed by atoms with Crippen LogP contribution in [-0.2, 0) is 27.9 Å². The summed E-state index contributed by atoms with van der Waals surface area (Å²) in [6.45, 7) is 6.79. The van der Waals surface area contributed by atoms with Crippen molar-refractivity contribution in [3.05, 3.63) is 78.7 Å². The molecule has 0 spiro atoms. The van der Waals surface area contributed by atoms with Gasteiger partial charge in [-0.05, 0) is 79.7 Å². The first kappa shape index (κ1) is 37.1. The fourth-order valence-electron chi connectivity index (χ4n) is 6.05. The Hall–Kier alpha value is -3.72. The van der Waals surface area contributed by atoms with Gasteiger partial charge in [0.25, 0.3) is 11.5 Å². The average Bonchev–Trinajstić information content (AvgIpc) is 3.44. The third-order valence-electron chi connectivity index (χ3n) is 8.55. The predicted molar refractivity (Wildman–Crippen MR) is 188 cm³/mol. The van der Waals surface area contributed by atoms with Crippen molar-refractivity contribution in [2.24, 2.45) is 0 Å². The van der Waals surface area contributed by atoms with Crippen molar-refractivity contribution in [1.82, 2.24) is 14.8 Å². The van der Waals surface area contributed by atoms with Gasteiger partial charge in [0.2, 0.25) is 0 Å². The zero-order valence-electron chi connectivity index (χ0n) is 27.9. The number of alkyl halides is 3. The molecule has 3 aliphatic rings. The van der Waals surface area contributed by atoms with E-state index < -0.39 is 45.9 Å². The van der Waals surface area contributed by atoms with Gasteiger partial charge >= 0.3 is 17.6 Å². The number of H-pyrrole nitrogens is 1. The molecule has 2 aromatic carbocycles. The summed E-state index contributed by atoms with van der Waals surface area (Å²) in [7, 11) is 1.46. The molecule has 1 aromatic heterocycles. The van der Waals surface area contributed by atoms with Crippen molar-refractivity contribution in [3.8, 4) is 5.75 Å². The number of nitrogens with zero attached hydrogens (tertiary/aromatic N) is 3. The third-order valence-corrected chi connectivity index (χ3v) is 10.9. The Kier molecular flexibility index (Phi) is 10.2. The number of aromatic nitrogens is 1. The Morgan fingerprint density at radius 1 is 1.04 bits per heavy atom. The Balaban J connectivity index is 1.31. The van der Waals surface area contributed by atoms with Crippen LogP contribution in [0.1, 0.15) is 65.9 Å². The highest BCUT2D eigenvalue weighted by Gasteiger charge is 2.38. The van der Waals surface area contributed by atoms with Crippen LogP contribution in [0.4, 0.5) is 24.1 Å². The maximum absolute atomic E-state index is 14.4. The summed E-state index contributed by atoms with van der Waals surface area (Å²) in [5.41, 5.74) is -0.555. The molecule has 3 amide bonds. The normalized spacial score (nSPS) is 16.5. The number of nitrogens with one attached hydrogen (secondary N) is 1. The number of methoxy groups -OCH3 is 1. The minimum atomic E-state index is -3.96. The molecule has 4 heterocycles. The number of likely N-dealkylation sites (tertiary alicyclic amines) is 1. The quantitative estimate of drug-likeness (QED) is 0.240. The number of hydrogen-bond acceptors (Lipinski definition) is 8. The highest BCUT2D eigenvalue weighted by Crippen LogP contribution is 2.46. The van der Waals surface area contributed by atoms with E-state index in [2.05, 4.69) is 4.98 Å². The van der Waals surface area contributed by atoms with Gasteiger partial charge in [-0.2, -0.15) is 8.78 Å². The van der Waals surface area contributed by atoms with Gasteiger partial charge in [-0.25, -0.2) is 9.59 Å². The Labute approximate surface area is 311 Å². The number of amides is 3. The maximum Gasteiger partial charge on any atom is 0.414 e. The molecular formula is C34H33Cl3F2N4O7S. The highest BCUT2D eigenvalue weighted by molar-refractivity contribution is 7.99. The zero-order valence-corrected chi connectivity index (χ0v) is 31.0. The number of ether oxygens (including phenoxy) is 3. The van der Waals surface area contributed by atoms with Gasteiger partial charge in [0.15, 0.2) is 0 Å². The van der Waals surface area contributed by atoms with Crippen LogP contribution in [0.3, 0.4) is 0 Å². The summed E-state index contributed by atoms with van der Waals surface area (Å²) in [5, 5.41) is -3.63. The molecule has 6 rings (SSSR count). The standard InChI is InChI=1S/C34H33Cl3F2N4O7S/c1-33(2,3)50-31(46)42-15-19(16-42)20-6-7-21(35)28(27(20)36)51-24-12-25(34(37,38)39)40-29(44)26(24)30(45)41-13-17-10-22(23(48-4)11-18(17)14-41)43-8-5-9-49-32(43)47/h6-7,10-12,19H,5,8-9,13-16H2,1-4H3,(H,40,44). The van der Waals surface area contributed by atoms with Crippen LogP contribution in [0.5, 0.6) is 5.75 Å². The molecule has 3 aromatic rings. The lowest BCUT2D eigenvalue weighted by Crippen LogP contribution is -2.50. The van der Waals surface area contributed by atoms with Crippen LogP contribution >= 0.6 is 46.6 Å². The number of carbonyl (C=O) groups is 3. The lowest BCUT2D eigenvalue weighted by Gasteiger charge is -2.40. The number of pyridine rings is 1. The van der Waals surface area contributed by atoms with Gasteiger partial charge in [-0.3, -0.25) is 14.5 Å². The van der Waals surface area contributed by atoms with E-state index in [4.69, 9.17) is 49.0 Å². The number of fused-ring (bicyclic) bond motifs is 1. The molecule has 272 valence electrons. The fraction of sp³-hybridized carbons (Fsp3) is 0.412. The van der Waals surface area contributed by atoms with Gasteiger partial charge in [-0.1, -0.05) is 41.0 Å². The second kappa shape index (κ2) is 14.0. The van der Waals surface area contributed by atoms with Crippen molar-refractivity contribution in [2.45, 2.75) is 67.0 Å². The van der Waals surface area contributed by atoms with Crippen LogP contribution in [0.15, 0.2) is 44.9 Å². The lowest BCUT2D eigenvalue weighted by atomic mass is 9.92. The van der Waals surface area contributed by atoms with Crippen molar-refractivity contribution in [1.29, 1.82) is 0 Å². The molecule has 1 N–H and O–H groups in total. The number of carbonyl (C=O) groups excluding carboxylic acids is 3. The van der Waals surface area contributed by atoms with Crippen molar-refractivity contribution in [2.75, 3.05) is 38.3 Å². The molecule has 0 atom stereocenters. The van der Waals surface area contributed by atoms with E-state index in [0.717, 1.165) is 17.8 Å². The Morgan fingerprint density at radius 3 is 2.35 bits per heavy atom. The van der Waals surface area contributed by atoms with Gasteiger partial charge in [0, 0.05) is 48.4 Å². The maximum atomic E-state index is 14.4. The largest absolute Gasteiger partial charge is 0.495 e. The van der Waals surface area contributed by atoms with Crippen LogP contribution in [0.25, 0.3) is 0 Å². The second-order valence-electron chi connectivity index (χ2n) is 13.3. The number of anilines is 1. The first-order chi connectivity index (χ1) is 23.9. The van der Waals surface area contributed by atoms with Gasteiger partial charge in [0.05, 0.1) is 29.4 Å². The van der Waals surface area contributed by atoms with Crippen LogP contribution in [0, 0.1) is 0 Å². The fourth-order valence-corrected chi connectivity index (χ4v) is 7.96. The average molecular weight is 786 g/mol. The Morgan fingerprint density at radius 2 is 1.73 bits per heavy atom. The van der Waals surface area contributed by atoms with Crippen molar-refractivity contribution >= 4 is 70.3 Å². The number of aromatic amines is 1. The molecule has 0 radical (unpaired) electrons. The minimum absolute atomic E-state index is 0.0534. The molecule has 0 saturated carbocycles. The molecule has 0 aliphatic carbocycles. The number of benzene rings is 2. The molecule has 2 fully saturated rings. The summed E-state index contributed by atoms with van der Waals surface area (Å²) < 4.78 is 45.0. The summed E-state index contributed by atoms with van der Waals surface area (Å²) in [5.74, 6) is -0.524. The lowest BCUT2D eigenvalue weighted by molar-refractivity contribution is 0.00816. The summed E-state index contributed by atoms with van der Waals surface area (Å²) in [6.07, 6.45) is -0.361. The summed E-state index contributed by atoms with van der Waals surface area (Å²) >= 11 is 19.6. The smallest absolute Gasteiger partial charge is 0.414 e. The summed E-state index contributed by atoms with van der Waals surface area (Å²) in [4.78, 5) is 59.1. The number of cyclic esters (lactones) is 1. The predicted octanol–water partition coefficient (Wildman–Crippen LogP) is 7.97. The molecule has 2 saturated heterocycles. The molecule has 17 heteroatoms. The van der Waals surface area contributed by atoms with E-state index in [1.807, 2.05) is 0 Å². The van der Waals surface area contributed by atoms with Crippen molar-refractivity contribution < 1.29 is 37.4 Å². The number of rotatable bonds is 7. The van der Waals surface area contributed by atoms with Crippen molar-refractivity contribution in [3.63, 3.8) is 0 Å². The van der Waals surface area contributed by atoms with E-state index in [0.29, 0.717) is 60.8 Å². The van der Waals surface area contributed by atoms with Gasteiger partial charge in [-0.15, -0.1) is 0 Å². The monoisotopic (exact) mass is 784 g/mol. The van der Waals surface area contributed by atoms with Crippen LogP contribution in [-0.4, -0.2) is 71.8 Å². The topological polar surface area (TPSA) is 121 Å². The number of hydrogen-bond donors (Lipinski definition) is 1. The first-order valence-corrected chi connectivity index (χ1v) is 17.8. The van der Waals surface area contributed by atoms with Crippen LogP contribution in [0.2, 0.25) is 10.0 Å². The zero-order chi connectivity index (χ0) is 37.0. The molecule has 11 nitrogen and oxygen atoms in total.